The molecule has 0 heterocycles. The minimum Gasteiger partial charge on any atom is -0.462 e. The number of amides is 1. The van der Waals surface area contributed by atoms with E-state index in [-0.39, 0.29) is 47.8 Å². The maximum absolute atomic E-state index is 13.2. The summed E-state index contributed by atoms with van der Waals surface area (Å²) in [5, 5.41) is 40.5. The molecule has 11 atom stereocenters. The minimum absolute atomic E-state index is 0.0554. The number of alkyl halides is 24. The summed E-state index contributed by atoms with van der Waals surface area (Å²) in [4.78, 5) is 59.8. The Bertz CT molecular complexity index is 3800. The molecule has 7 rings (SSSR count). The minimum atomic E-state index is -6.08. The first kappa shape index (κ1) is 108. The van der Waals surface area contributed by atoms with E-state index in [9.17, 15) is 161 Å². The molecule has 684 valence electrons. The Labute approximate surface area is 664 Å². The number of esters is 4. The van der Waals surface area contributed by atoms with Crippen LogP contribution in [0.3, 0.4) is 0 Å². The summed E-state index contributed by atoms with van der Waals surface area (Å²) in [6, 6.07) is 0. The van der Waals surface area contributed by atoms with Crippen molar-refractivity contribution in [2.45, 2.75) is 274 Å². The summed E-state index contributed by atoms with van der Waals surface area (Å²) < 4.78 is 386. The average Bonchev–Trinajstić information content (AvgIpc) is 1.11. The Kier molecular flexibility index (Phi) is 33.9. The van der Waals surface area contributed by atoms with E-state index in [0.29, 0.717) is 84.5 Å². The van der Waals surface area contributed by atoms with Crippen LogP contribution in [0.4, 0.5) is 105 Å². The van der Waals surface area contributed by atoms with Gasteiger partial charge in [-0.05, 0) is 180 Å². The number of nitrogens with one attached hydrogen (secondary N) is 1. The lowest BCUT2D eigenvalue weighted by molar-refractivity contribution is -0.408. The second-order valence-electron chi connectivity index (χ2n) is 32.9. The van der Waals surface area contributed by atoms with Crippen molar-refractivity contribution in [2.24, 2.45) is 63.6 Å². The van der Waals surface area contributed by atoms with E-state index in [2.05, 4.69) is 34.5 Å². The van der Waals surface area contributed by atoms with Crippen molar-refractivity contribution >= 4 is 50.0 Å². The molecule has 7 aliphatic carbocycles. The van der Waals surface area contributed by atoms with Crippen molar-refractivity contribution in [3.05, 3.63) is 73.3 Å². The molecule has 7 N–H and O–H groups in total. The van der Waals surface area contributed by atoms with E-state index >= 15 is 0 Å². The van der Waals surface area contributed by atoms with Crippen molar-refractivity contribution in [1.29, 1.82) is 0 Å². The standard InChI is InChI=1S/C20H26F6O3.C18H24F6O3.C15H18F6O3.C10H12F6O3.C7H13NO4S.C2H4O3S/c1-17(10-12-7-8-14(17)9-12)16(27)29-15(13-5-3-2-4-6-13)11-18(28,19(21,22)23)20(24,25)26;1-10(2)6-13(9-16(26,17(19,20)21)18(22,23)24)27-14(25)15(3)8-11-4-5-12(15)7-11;1-11(2,13(23,14(16,17)18)15(19,20)21)24-10(22)12(3)7-8-4-5-9(12)6-8;1-5(2)6(17)19-7(3,4)8(18,9(11,12)13)10(14,15)16;1-4-6(9)8-7(2,3)5-13(10,11)12;1-2-6(3,4)5/h7-8,12-15,28H,2-6,9-11H2,1H3;4-5,10-13,26H,6-9H2,1-3H3;4-5,8-9,23H,6-7H2,1-3H3;18H,1H2,2-4H3;4H,1,5H2,2-3H3,(H,8,9)(H,10,11,12);2H,1H2,(H,3,4,5). The maximum atomic E-state index is 13.2. The first-order valence-electron chi connectivity index (χ1n) is 35.8. The second kappa shape index (κ2) is 37.1. The smallest absolute Gasteiger partial charge is 0.430 e. The van der Waals surface area contributed by atoms with Gasteiger partial charge in [-0.1, -0.05) is 89.3 Å². The van der Waals surface area contributed by atoms with Gasteiger partial charge in [-0.25, -0.2) is 4.79 Å². The number of halogens is 24. The van der Waals surface area contributed by atoms with E-state index in [4.69, 9.17) is 23.7 Å². The highest BCUT2D eigenvalue weighted by Crippen LogP contribution is 2.59. The predicted octanol–water partition coefficient (Wildman–Crippen LogP) is 16.6. The quantitative estimate of drug-likeness (QED) is 0.0132. The number of aliphatic hydroxyl groups is 4. The highest BCUT2D eigenvalue weighted by Gasteiger charge is 2.81. The summed E-state index contributed by atoms with van der Waals surface area (Å²) in [6.07, 6.45) is -36.7. The molecule has 0 aromatic heterocycles. The highest BCUT2D eigenvalue weighted by molar-refractivity contribution is 7.88. The monoisotopic (exact) mass is 1800 g/mol. The fourth-order valence-corrected chi connectivity index (χ4v) is 15.8. The van der Waals surface area contributed by atoms with Crippen LogP contribution >= 0.6 is 0 Å². The number of carbonyl (C=O) groups excluding carboxylic acids is 5. The van der Waals surface area contributed by atoms with E-state index in [1.54, 1.807) is 33.8 Å². The van der Waals surface area contributed by atoms with E-state index in [0.717, 1.165) is 32.3 Å². The van der Waals surface area contributed by atoms with Gasteiger partial charge in [-0.15, -0.1) is 0 Å². The molecular formula is C72H97F24NO19S2. The van der Waals surface area contributed by atoms with Crippen molar-refractivity contribution in [2.75, 3.05) is 5.75 Å². The average molecular weight is 1800 g/mol. The second-order valence-corrected chi connectivity index (χ2v) is 35.7. The molecule has 1 amide bonds. The van der Waals surface area contributed by atoms with Crippen LogP contribution in [0.15, 0.2) is 73.3 Å². The van der Waals surface area contributed by atoms with Gasteiger partial charge in [0.1, 0.15) is 12.2 Å². The molecule has 20 nitrogen and oxygen atoms in total. The van der Waals surface area contributed by atoms with E-state index in [1.807, 2.05) is 30.4 Å². The Hall–Kier alpha value is -6.23. The van der Waals surface area contributed by atoms with Crippen molar-refractivity contribution in [3.8, 4) is 0 Å². The van der Waals surface area contributed by atoms with Crippen LogP contribution in [0.25, 0.3) is 0 Å². The third-order valence-electron chi connectivity index (χ3n) is 21.6. The zero-order valence-corrected chi connectivity index (χ0v) is 67.1. The SMILES string of the molecule is C=C(C)C(=O)OC(C)(C)C(O)(C(F)(F)F)C(F)(F)F.C=CC(=O)NC(C)(C)CS(=O)(=O)O.C=CS(=O)(=O)O.CC(C)CC(CC(O)(C(F)(F)F)C(F)(F)F)OC(=O)C1(C)CC2C=CC1C2.CC1(C(=O)OC(C)(C)C(O)(C(F)(F)F)C(F)(F)F)CC2C=CC1C2.CC1(C(=O)OC(CC(O)(C(F)(F)F)C(F)(F)F)C2CCCCC2)CC2C=CC1C2. The maximum Gasteiger partial charge on any atom is 0.430 e. The van der Waals surface area contributed by atoms with Crippen LogP contribution in [0.2, 0.25) is 0 Å². The van der Waals surface area contributed by atoms with Gasteiger partial charge in [0.25, 0.3) is 42.6 Å². The molecule has 0 aromatic rings. The Morgan fingerprint density at radius 2 is 0.814 bits per heavy atom. The summed E-state index contributed by atoms with van der Waals surface area (Å²) in [5.74, 6) is -6.37. The molecule has 46 heteroatoms. The van der Waals surface area contributed by atoms with Gasteiger partial charge in [-0.3, -0.25) is 28.3 Å². The van der Waals surface area contributed by atoms with E-state index in [1.165, 1.54) is 20.8 Å². The number of hydrogen-bond donors (Lipinski definition) is 7. The molecule has 7 aliphatic rings. The van der Waals surface area contributed by atoms with Gasteiger partial charge in [0.2, 0.25) is 5.91 Å². The van der Waals surface area contributed by atoms with Crippen LogP contribution in [-0.4, -0.2) is 183 Å². The lowest BCUT2D eigenvalue weighted by atomic mass is 9.77. The van der Waals surface area contributed by atoms with Crippen molar-refractivity contribution < 1.29 is 195 Å². The summed E-state index contributed by atoms with van der Waals surface area (Å²) in [7, 11) is -7.98. The molecule has 6 bridgehead atoms. The molecule has 4 saturated carbocycles. The summed E-state index contributed by atoms with van der Waals surface area (Å²) in [5.41, 5.74) is -31.3. The summed E-state index contributed by atoms with van der Waals surface area (Å²) >= 11 is 0. The largest absolute Gasteiger partial charge is 0.462 e. The molecule has 4 fully saturated rings. The molecule has 11 unspecified atom stereocenters. The normalized spacial score (nSPS) is 25.0. The third kappa shape index (κ3) is 25.5. The molecule has 0 saturated heterocycles. The molecule has 0 aliphatic heterocycles. The fourth-order valence-electron chi connectivity index (χ4n) is 14.8. The number of fused-ring (bicyclic) bond motifs is 6. The number of hydrogen-bond acceptors (Lipinski definition) is 17. The lowest BCUT2D eigenvalue weighted by Gasteiger charge is -2.44. The molecule has 0 aromatic carbocycles. The number of allylic oxidation sites excluding steroid dienone is 6. The van der Waals surface area contributed by atoms with Gasteiger partial charge >= 0.3 is 73.3 Å². The zero-order chi connectivity index (χ0) is 93.0. The van der Waals surface area contributed by atoms with Crippen LogP contribution in [0.5, 0.6) is 0 Å². The molecular weight excluding hydrogens is 1700 g/mol. The lowest BCUT2D eigenvalue weighted by Crippen LogP contribution is -2.70. The van der Waals surface area contributed by atoms with Gasteiger partial charge in [-0.2, -0.15) is 122 Å². The van der Waals surface area contributed by atoms with Gasteiger partial charge < -0.3 is 44.7 Å². The predicted molar refractivity (Wildman–Crippen MR) is 369 cm³/mol. The van der Waals surface area contributed by atoms with Crippen LogP contribution in [0, 0.1) is 63.6 Å². The van der Waals surface area contributed by atoms with Gasteiger partial charge in [0.05, 0.1) is 32.9 Å². The van der Waals surface area contributed by atoms with Crippen LogP contribution < -0.4 is 5.32 Å². The first-order chi connectivity index (χ1) is 52.2. The van der Waals surface area contributed by atoms with Crippen LogP contribution in [0.1, 0.15) is 173 Å². The Balaban J connectivity index is 0.000000501. The molecule has 0 spiro atoms. The van der Waals surface area contributed by atoms with Gasteiger partial charge in [0.15, 0.2) is 11.2 Å². The van der Waals surface area contributed by atoms with Crippen molar-refractivity contribution in [3.63, 3.8) is 0 Å². The first-order valence-corrected chi connectivity index (χ1v) is 38.9. The number of ether oxygens (including phenoxy) is 4. The fraction of sp³-hybridized carbons (Fsp3) is 0.764. The third-order valence-corrected chi connectivity index (χ3v) is 23.1. The number of rotatable bonds is 22. The Morgan fingerprint density at radius 1 is 0.500 bits per heavy atom. The molecule has 0 radical (unpaired) electrons. The Morgan fingerprint density at radius 3 is 1.08 bits per heavy atom. The van der Waals surface area contributed by atoms with Gasteiger partial charge in [0, 0.05) is 18.4 Å². The van der Waals surface area contributed by atoms with Crippen LogP contribution in [-0.2, 0) is 63.2 Å². The highest BCUT2D eigenvalue weighted by atomic mass is 32.2. The van der Waals surface area contributed by atoms with Crippen molar-refractivity contribution in [1.82, 2.24) is 5.32 Å². The molecule has 118 heavy (non-hydrogen) atoms. The summed E-state index contributed by atoms with van der Waals surface area (Å²) in [6.45, 7) is 22.4. The zero-order valence-electron chi connectivity index (χ0n) is 65.5. The van der Waals surface area contributed by atoms with E-state index < -0.39 is 197 Å². The number of carbonyl (C=O) groups is 5. The topological polar surface area (TPSA) is 324 Å².